The van der Waals surface area contributed by atoms with Gasteiger partial charge < -0.3 is 9.84 Å². The number of allylic oxidation sites excluding steroid dienone is 1. The van der Waals surface area contributed by atoms with E-state index in [4.69, 9.17) is 4.74 Å². The molecule has 6 heteroatoms. The van der Waals surface area contributed by atoms with Crippen LogP contribution in [-0.4, -0.2) is 40.0 Å². The van der Waals surface area contributed by atoms with Crippen molar-refractivity contribution < 1.29 is 28.6 Å². The quantitative estimate of drug-likeness (QED) is 0.561. The monoisotopic (exact) mass is 406 g/mol. The summed E-state index contributed by atoms with van der Waals surface area (Å²) in [4.78, 5) is 36.9. The van der Waals surface area contributed by atoms with Crippen LogP contribution in [0, 0.1) is 22.7 Å². The molecule has 3 saturated carbocycles. The van der Waals surface area contributed by atoms with E-state index in [9.17, 15) is 19.5 Å². The van der Waals surface area contributed by atoms with E-state index in [2.05, 4.69) is 0 Å². The van der Waals surface area contributed by atoms with Gasteiger partial charge in [0, 0.05) is 24.2 Å². The highest BCUT2D eigenvalue weighted by Crippen LogP contribution is 2.70. The number of hydrogen-bond donors (Lipinski definition) is 1. The van der Waals surface area contributed by atoms with Crippen LogP contribution in [0.4, 0.5) is 4.39 Å². The highest BCUT2D eigenvalue weighted by atomic mass is 19.1. The van der Waals surface area contributed by atoms with Gasteiger partial charge in [0.25, 0.3) is 0 Å². The van der Waals surface area contributed by atoms with Gasteiger partial charge in [-0.2, -0.15) is 0 Å². The smallest absolute Gasteiger partial charge is 0.303 e. The molecule has 0 heterocycles. The second-order valence-corrected chi connectivity index (χ2v) is 10.2. The first-order valence-electron chi connectivity index (χ1n) is 10.7. The van der Waals surface area contributed by atoms with E-state index in [0.717, 1.165) is 5.57 Å². The van der Waals surface area contributed by atoms with Crippen LogP contribution in [0.3, 0.4) is 0 Å². The van der Waals surface area contributed by atoms with Gasteiger partial charge in [0.2, 0.25) is 0 Å². The number of esters is 1. The van der Waals surface area contributed by atoms with E-state index in [0.29, 0.717) is 32.1 Å². The third-order valence-electron chi connectivity index (χ3n) is 9.08. The van der Waals surface area contributed by atoms with Crippen molar-refractivity contribution in [1.29, 1.82) is 0 Å². The summed E-state index contributed by atoms with van der Waals surface area (Å²) in [5, 5.41) is 9.98. The lowest BCUT2D eigenvalue weighted by atomic mass is 9.44. The molecule has 29 heavy (non-hydrogen) atoms. The minimum Gasteiger partial charge on any atom is -0.451 e. The van der Waals surface area contributed by atoms with Crippen LogP contribution < -0.4 is 0 Å². The Balaban J connectivity index is 1.76. The molecule has 0 spiro atoms. The number of Topliss-reactive ketones (excluding diaryl/α,β-unsaturated/α-hetero) is 2. The maximum atomic E-state index is 16.9. The van der Waals surface area contributed by atoms with Gasteiger partial charge in [-0.3, -0.25) is 14.4 Å². The summed E-state index contributed by atoms with van der Waals surface area (Å²) < 4.78 is 22.6. The molecule has 4 rings (SSSR count). The van der Waals surface area contributed by atoms with E-state index in [-0.39, 0.29) is 36.2 Å². The highest BCUT2D eigenvalue weighted by molar-refractivity contribution is 5.89. The van der Waals surface area contributed by atoms with Crippen molar-refractivity contribution in [2.24, 2.45) is 22.7 Å². The van der Waals surface area contributed by atoms with Gasteiger partial charge >= 0.3 is 5.97 Å². The third-order valence-corrected chi connectivity index (χ3v) is 9.08. The maximum absolute atomic E-state index is 16.9. The van der Waals surface area contributed by atoms with Gasteiger partial charge in [-0.05, 0) is 63.4 Å². The minimum absolute atomic E-state index is 0.0121. The molecule has 0 aliphatic heterocycles. The fourth-order valence-electron chi connectivity index (χ4n) is 7.54. The summed E-state index contributed by atoms with van der Waals surface area (Å²) in [5.74, 6) is -1.37. The van der Waals surface area contributed by atoms with Crippen LogP contribution in [0.5, 0.6) is 0 Å². The molecule has 0 aromatic carbocycles. The van der Waals surface area contributed by atoms with Crippen LogP contribution in [0.2, 0.25) is 0 Å². The highest BCUT2D eigenvalue weighted by Gasteiger charge is 2.72. The van der Waals surface area contributed by atoms with Crippen molar-refractivity contribution in [3.63, 3.8) is 0 Å². The van der Waals surface area contributed by atoms with Gasteiger partial charge in [-0.15, -0.1) is 0 Å². The number of carbonyl (C=O) groups is 3. The fraction of sp³-hybridized carbons (Fsp3) is 0.783. The van der Waals surface area contributed by atoms with Gasteiger partial charge in [-0.25, -0.2) is 4.39 Å². The molecule has 0 amide bonds. The third kappa shape index (κ3) is 2.44. The van der Waals surface area contributed by atoms with Crippen molar-refractivity contribution in [2.45, 2.75) is 90.0 Å². The second kappa shape index (κ2) is 6.22. The number of aliphatic hydroxyl groups excluding tert-OH is 1. The number of aliphatic hydroxyl groups is 1. The summed E-state index contributed by atoms with van der Waals surface area (Å²) in [6, 6.07) is 0. The zero-order valence-corrected chi connectivity index (χ0v) is 17.7. The molecular formula is C23H31FO5. The largest absolute Gasteiger partial charge is 0.451 e. The number of hydrogen-bond acceptors (Lipinski definition) is 5. The summed E-state index contributed by atoms with van der Waals surface area (Å²) >= 11 is 0. The lowest BCUT2D eigenvalue weighted by molar-refractivity contribution is -0.199. The second-order valence-electron chi connectivity index (χ2n) is 10.2. The van der Waals surface area contributed by atoms with Crippen LogP contribution >= 0.6 is 0 Å². The maximum Gasteiger partial charge on any atom is 0.303 e. The van der Waals surface area contributed by atoms with Gasteiger partial charge in [-0.1, -0.05) is 19.4 Å². The fourth-order valence-corrected chi connectivity index (χ4v) is 7.54. The Bertz CT molecular complexity index is 820. The molecule has 4 aliphatic rings. The molecule has 7 atom stereocenters. The molecule has 0 radical (unpaired) electrons. The first kappa shape index (κ1) is 20.7. The number of fused-ring (bicyclic) bond motifs is 5. The summed E-state index contributed by atoms with van der Waals surface area (Å²) in [5.41, 5.74) is -3.44. The Labute approximate surface area is 171 Å². The molecule has 0 saturated heterocycles. The zero-order chi connectivity index (χ0) is 21.4. The van der Waals surface area contributed by atoms with Crippen LogP contribution in [0.1, 0.15) is 72.6 Å². The molecule has 160 valence electrons. The average molecular weight is 406 g/mol. The molecule has 5 nitrogen and oxygen atoms in total. The normalized spacial score (nSPS) is 48.8. The Morgan fingerprint density at radius 3 is 2.45 bits per heavy atom. The van der Waals surface area contributed by atoms with Gasteiger partial charge in [0.15, 0.2) is 17.2 Å². The summed E-state index contributed by atoms with van der Waals surface area (Å²) in [6.45, 7) is 6.61. The molecule has 1 N–H and O–H groups in total. The molecule has 0 aromatic rings. The van der Waals surface area contributed by atoms with Crippen molar-refractivity contribution in [3.8, 4) is 0 Å². The molecule has 3 fully saturated rings. The van der Waals surface area contributed by atoms with Crippen LogP contribution in [-0.2, 0) is 19.1 Å². The average Bonchev–Trinajstić information content (AvgIpc) is 2.91. The Morgan fingerprint density at radius 2 is 1.83 bits per heavy atom. The predicted molar refractivity (Wildman–Crippen MR) is 104 cm³/mol. The van der Waals surface area contributed by atoms with Gasteiger partial charge in [0.1, 0.15) is 11.8 Å². The number of ketones is 2. The number of rotatable bonds is 2. The Kier molecular flexibility index (Phi) is 4.44. The molecule has 0 aromatic heterocycles. The van der Waals surface area contributed by atoms with Crippen molar-refractivity contribution in [1.82, 2.24) is 0 Å². The van der Waals surface area contributed by atoms with Gasteiger partial charge in [0.05, 0.1) is 0 Å². The molecule has 0 bridgehead atoms. The zero-order valence-electron chi connectivity index (χ0n) is 17.7. The van der Waals surface area contributed by atoms with Crippen molar-refractivity contribution in [2.75, 3.05) is 0 Å². The number of alkyl halides is 1. The van der Waals surface area contributed by atoms with E-state index in [1.54, 1.807) is 6.08 Å². The SMILES string of the molecule is CC(=O)O[C@]1(C(C)=O)CC[C@H]2[C@@H]3CCC4=CC(O)C(=O)C[C@]4(C)[C@@]3(F)CC[C@@]21C. The first-order valence-corrected chi connectivity index (χ1v) is 10.7. The lowest BCUT2D eigenvalue weighted by Gasteiger charge is -2.62. The number of carbonyl (C=O) groups excluding carboxylic acids is 3. The van der Waals surface area contributed by atoms with E-state index >= 15 is 4.39 Å². The molecule has 4 aliphatic carbocycles. The van der Waals surface area contributed by atoms with E-state index in [1.165, 1.54) is 13.8 Å². The van der Waals surface area contributed by atoms with E-state index < -0.39 is 34.2 Å². The molecular weight excluding hydrogens is 375 g/mol. The predicted octanol–water partition coefficient (Wildman–Crippen LogP) is 3.47. The summed E-state index contributed by atoms with van der Waals surface area (Å²) in [7, 11) is 0. The Morgan fingerprint density at radius 1 is 1.14 bits per heavy atom. The first-order chi connectivity index (χ1) is 13.4. The topological polar surface area (TPSA) is 80.7 Å². The number of ether oxygens (including phenoxy) is 1. The minimum atomic E-state index is -1.57. The molecule has 1 unspecified atom stereocenters. The van der Waals surface area contributed by atoms with Crippen LogP contribution in [0.25, 0.3) is 0 Å². The van der Waals surface area contributed by atoms with E-state index in [1.807, 2.05) is 13.8 Å². The van der Waals surface area contributed by atoms with Crippen molar-refractivity contribution >= 4 is 17.5 Å². The Hall–Kier alpha value is -1.56. The van der Waals surface area contributed by atoms with Crippen LogP contribution in [0.15, 0.2) is 11.6 Å². The summed E-state index contributed by atoms with van der Waals surface area (Å²) in [6.07, 6.45) is 3.40. The lowest BCUT2D eigenvalue weighted by Crippen LogP contribution is -2.64. The number of halogens is 1. The standard InChI is InChI=1S/C23H31FO5/c1-13(25)23(29-14(2)26)8-7-16-17-6-5-15-11-18(27)19(28)12-21(15,4)22(17,24)10-9-20(16,23)3/h11,16-18,27H,5-10,12H2,1-4H3/t16-,17-,18?,20-,21-,22+,23-/m0/s1. The van der Waals surface area contributed by atoms with Crippen molar-refractivity contribution in [3.05, 3.63) is 11.6 Å².